The van der Waals surface area contributed by atoms with Crippen molar-refractivity contribution in [1.82, 2.24) is 9.36 Å². The number of nitrogens with zero attached hydrogens (tertiary/aromatic N) is 2. The summed E-state index contributed by atoms with van der Waals surface area (Å²) in [6, 6.07) is 0. The van der Waals surface area contributed by atoms with Crippen molar-refractivity contribution in [1.29, 1.82) is 0 Å². The van der Waals surface area contributed by atoms with E-state index in [-0.39, 0.29) is 5.97 Å². The van der Waals surface area contributed by atoms with E-state index in [2.05, 4.69) is 9.36 Å². The van der Waals surface area contributed by atoms with Crippen LogP contribution in [0.2, 0.25) is 0 Å². The third-order valence-electron chi connectivity index (χ3n) is 1.75. The lowest BCUT2D eigenvalue weighted by Gasteiger charge is -2.20. The summed E-state index contributed by atoms with van der Waals surface area (Å²) in [5, 5.41) is 0. The van der Waals surface area contributed by atoms with Crippen LogP contribution in [0, 0.1) is 6.92 Å². The van der Waals surface area contributed by atoms with Gasteiger partial charge in [0.2, 0.25) is 0 Å². The van der Waals surface area contributed by atoms with Crippen LogP contribution < -0.4 is 5.73 Å². The predicted octanol–water partition coefficient (Wildman–Crippen LogP) is 1.22. The van der Waals surface area contributed by atoms with Crippen LogP contribution in [0.4, 0.5) is 0 Å². The van der Waals surface area contributed by atoms with Gasteiger partial charge >= 0.3 is 5.97 Å². The molecule has 0 amide bonds. The van der Waals surface area contributed by atoms with Crippen molar-refractivity contribution >= 4 is 29.3 Å². The number of nitrogens with two attached hydrogens (primary N) is 1. The number of ether oxygens (including phenoxy) is 1. The first-order valence-electron chi connectivity index (χ1n) is 4.85. The first-order valence-corrected chi connectivity index (χ1v) is 6.61. The van der Waals surface area contributed by atoms with Gasteiger partial charge in [-0.1, -0.05) is 11.8 Å². The van der Waals surface area contributed by atoms with Crippen molar-refractivity contribution < 1.29 is 9.53 Å². The van der Waals surface area contributed by atoms with Gasteiger partial charge in [-0.2, -0.15) is 4.37 Å². The summed E-state index contributed by atoms with van der Waals surface area (Å²) in [7, 11) is 0. The number of hydrogen-bond acceptors (Lipinski definition) is 7. The van der Waals surface area contributed by atoms with Crippen molar-refractivity contribution in [2.45, 2.75) is 30.6 Å². The van der Waals surface area contributed by atoms with Crippen LogP contribution in [0.25, 0.3) is 0 Å². The molecule has 0 radical (unpaired) electrons. The van der Waals surface area contributed by atoms with E-state index < -0.39 is 5.54 Å². The maximum atomic E-state index is 11.5. The van der Waals surface area contributed by atoms with Gasteiger partial charge in [-0.15, -0.1) is 0 Å². The second-order valence-electron chi connectivity index (χ2n) is 3.53. The Hall–Kier alpha value is -0.660. The van der Waals surface area contributed by atoms with E-state index in [1.807, 2.05) is 6.92 Å². The Bertz CT molecular complexity index is 365. The van der Waals surface area contributed by atoms with Gasteiger partial charge in [-0.3, -0.25) is 4.79 Å². The average molecular weight is 261 g/mol. The number of carbonyl (C=O) groups is 1. The topological polar surface area (TPSA) is 78.1 Å². The molecule has 0 aliphatic rings. The minimum atomic E-state index is -0.986. The fraction of sp³-hybridized carbons (Fsp3) is 0.667. The van der Waals surface area contributed by atoms with Crippen LogP contribution in [0.5, 0.6) is 0 Å². The van der Waals surface area contributed by atoms with Crippen molar-refractivity contribution in [2.24, 2.45) is 5.73 Å². The summed E-state index contributed by atoms with van der Waals surface area (Å²) < 4.78 is 9.76. The highest BCUT2D eigenvalue weighted by molar-refractivity contribution is 8.01. The molecule has 5 nitrogen and oxygen atoms in total. The van der Waals surface area contributed by atoms with Crippen molar-refractivity contribution in [3.63, 3.8) is 0 Å². The van der Waals surface area contributed by atoms with E-state index in [0.29, 0.717) is 12.4 Å². The zero-order valence-corrected chi connectivity index (χ0v) is 11.2. The smallest absolute Gasteiger partial charge is 0.326 e. The molecule has 0 aliphatic carbocycles. The molecule has 1 unspecified atom stereocenters. The summed E-state index contributed by atoms with van der Waals surface area (Å²) in [5.41, 5.74) is 4.88. The standard InChI is InChI=1S/C9H15N3O2S2/c1-4-14-7(13)9(3,10)5-15-8-11-6(2)12-16-8/h4-5,10H2,1-3H3. The number of hydrogen-bond donors (Lipinski definition) is 1. The number of rotatable bonds is 5. The molecule has 0 saturated heterocycles. The summed E-state index contributed by atoms with van der Waals surface area (Å²) in [5.74, 6) is 0.784. The number of aromatic nitrogens is 2. The lowest BCUT2D eigenvalue weighted by Crippen LogP contribution is -2.48. The van der Waals surface area contributed by atoms with Crippen LogP contribution in [0.15, 0.2) is 4.34 Å². The lowest BCUT2D eigenvalue weighted by atomic mass is 10.1. The maximum Gasteiger partial charge on any atom is 0.326 e. The molecule has 7 heteroatoms. The highest BCUT2D eigenvalue weighted by Gasteiger charge is 2.30. The molecule has 1 atom stereocenters. The Labute approximate surface area is 103 Å². The SMILES string of the molecule is CCOC(=O)C(C)(N)CSc1nc(C)ns1. The van der Waals surface area contributed by atoms with E-state index >= 15 is 0 Å². The Morgan fingerprint density at radius 2 is 2.38 bits per heavy atom. The Kier molecular flexibility index (Phi) is 4.69. The second kappa shape index (κ2) is 5.60. The zero-order valence-electron chi connectivity index (χ0n) is 9.52. The molecule has 16 heavy (non-hydrogen) atoms. The lowest BCUT2D eigenvalue weighted by molar-refractivity contribution is -0.148. The van der Waals surface area contributed by atoms with E-state index in [4.69, 9.17) is 10.5 Å². The third-order valence-corrected chi connectivity index (χ3v) is 4.01. The molecule has 0 aliphatic heterocycles. The minimum absolute atomic E-state index is 0.341. The van der Waals surface area contributed by atoms with Crippen LogP contribution in [0.1, 0.15) is 19.7 Å². The molecular formula is C9H15N3O2S2. The minimum Gasteiger partial charge on any atom is -0.465 e. The molecule has 1 heterocycles. The monoisotopic (exact) mass is 261 g/mol. The largest absolute Gasteiger partial charge is 0.465 e. The van der Waals surface area contributed by atoms with Gasteiger partial charge < -0.3 is 10.5 Å². The molecule has 2 N–H and O–H groups in total. The number of thioether (sulfide) groups is 1. The zero-order chi connectivity index (χ0) is 12.2. The summed E-state index contributed by atoms with van der Waals surface area (Å²) in [6.07, 6.45) is 0. The highest BCUT2D eigenvalue weighted by atomic mass is 32.2. The first-order chi connectivity index (χ1) is 7.45. The highest BCUT2D eigenvalue weighted by Crippen LogP contribution is 2.23. The van der Waals surface area contributed by atoms with E-state index in [1.165, 1.54) is 23.3 Å². The van der Waals surface area contributed by atoms with E-state index in [9.17, 15) is 4.79 Å². The van der Waals surface area contributed by atoms with Crippen molar-refractivity contribution in [3.05, 3.63) is 5.82 Å². The molecule has 90 valence electrons. The molecule has 1 aromatic heterocycles. The average Bonchev–Trinajstić information content (AvgIpc) is 2.62. The molecule has 1 aromatic rings. The van der Waals surface area contributed by atoms with E-state index in [0.717, 1.165) is 10.2 Å². The summed E-state index contributed by atoms with van der Waals surface area (Å²) in [6.45, 7) is 5.59. The van der Waals surface area contributed by atoms with Gasteiger partial charge in [-0.05, 0) is 32.3 Å². The molecule has 1 rings (SSSR count). The van der Waals surface area contributed by atoms with Crippen molar-refractivity contribution in [2.75, 3.05) is 12.4 Å². The quantitative estimate of drug-likeness (QED) is 0.634. The van der Waals surface area contributed by atoms with Gasteiger partial charge in [-0.25, -0.2) is 4.98 Å². The summed E-state index contributed by atoms with van der Waals surface area (Å²) in [4.78, 5) is 15.7. The first kappa shape index (κ1) is 13.4. The van der Waals surface area contributed by atoms with Crippen LogP contribution in [-0.2, 0) is 9.53 Å². The molecule has 0 fully saturated rings. The Balaban J connectivity index is 2.50. The Morgan fingerprint density at radius 1 is 1.69 bits per heavy atom. The summed E-state index contributed by atoms with van der Waals surface area (Å²) >= 11 is 2.73. The van der Waals surface area contributed by atoms with Gasteiger partial charge in [0.1, 0.15) is 11.4 Å². The van der Waals surface area contributed by atoms with Gasteiger partial charge in [0.15, 0.2) is 4.34 Å². The molecule has 0 saturated carbocycles. The van der Waals surface area contributed by atoms with Gasteiger partial charge in [0.25, 0.3) is 0 Å². The molecular weight excluding hydrogens is 246 g/mol. The van der Waals surface area contributed by atoms with Crippen LogP contribution in [0.3, 0.4) is 0 Å². The maximum absolute atomic E-state index is 11.5. The number of esters is 1. The molecule has 0 bridgehead atoms. The van der Waals surface area contributed by atoms with Gasteiger partial charge in [0.05, 0.1) is 6.61 Å². The second-order valence-corrected chi connectivity index (χ2v) is 5.51. The van der Waals surface area contributed by atoms with E-state index in [1.54, 1.807) is 13.8 Å². The van der Waals surface area contributed by atoms with Crippen LogP contribution in [-0.4, -0.2) is 33.2 Å². The number of aryl methyl sites for hydroxylation is 1. The van der Waals surface area contributed by atoms with Gasteiger partial charge in [0, 0.05) is 5.75 Å². The van der Waals surface area contributed by atoms with Crippen molar-refractivity contribution in [3.8, 4) is 0 Å². The normalized spacial score (nSPS) is 14.5. The fourth-order valence-electron chi connectivity index (χ4n) is 0.903. The predicted molar refractivity (Wildman–Crippen MR) is 64.6 cm³/mol. The van der Waals surface area contributed by atoms with Crippen LogP contribution >= 0.6 is 23.3 Å². The third kappa shape index (κ3) is 3.73. The molecule has 0 aromatic carbocycles. The Morgan fingerprint density at radius 3 is 2.88 bits per heavy atom. The number of carbonyl (C=O) groups excluding carboxylic acids is 1. The fourth-order valence-corrected chi connectivity index (χ4v) is 2.56. The molecule has 0 spiro atoms.